The normalized spacial score (nSPS) is 15.5. The Morgan fingerprint density at radius 2 is 2.12 bits per heavy atom. The van der Waals surface area contributed by atoms with E-state index >= 15 is 0 Å². The Balaban J connectivity index is 2.06. The maximum atomic E-state index is 5.89. The first-order valence-electron chi connectivity index (χ1n) is 6.05. The maximum absolute atomic E-state index is 5.89. The average Bonchev–Trinajstić information content (AvgIpc) is 2.23. The standard InChI is InChI=1S/C11H18ClN5/c1-3-13-10-14-9(12)15-11(16-10)17(2)7-8-5-4-6-8/h8H,3-7H2,1-2H3,(H,13,14,15,16). The summed E-state index contributed by atoms with van der Waals surface area (Å²) in [6.45, 7) is 3.76. The third-order valence-electron chi connectivity index (χ3n) is 3.03. The number of hydrogen-bond acceptors (Lipinski definition) is 5. The molecule has 1 heterocycles. The van der Waals surface area contributed by atoms with Crippen LogP contribution in [0, 0.1) is 5.92 Å². The van der Waals surface area contributed by atoms with Crippen molar-refractivity contribution in [1.82, 2.24) is 15.0 Å². The zero-order valence-electron chi connectivity index (χ0n) is 10.3. The van der Waals surface area contributed by atoms with Crippen LogP contribution in [-0.2, 0) is 0 Å². The van der Waals surface area contributed by atoms with E-state index in [4.69, 9.17) is 11.6 Å². The molecular weight excluding hydrogens is 238 g/mol. The van der Waals surface area contributed by atoms with Crippen molar-refractivity contribution >= 4 is 23.5 Å². The van der Waals surface area contributed by atoms with Crippen LogP contribution in [-0.4, -0.2) is 35.1 Å². The van der Waals surface area contributed by atoms with Crippen molar-refractivity contribution in [2.75, 3.05) is 30.4 Å². The molecule has 1 aliphatic rings. The van der Waals surface area contributed by atoms with Crippen LogP contribution in [0.15, 0.2) is 0 Å². The van der Waals surface area contributed by atoms with Crippen molar-refractivity contribution in [1.29, 1.82) is 0 Å². The third-order valence-corrected chi connectivity index (χ3v) is 3.20. The van der Waals surface area contributed by atoms with E-state index in [1.807, 2.05) is 14.0 Å². The van der Waals surface area contributed by atoms with E-state index < -0.39 is 0 Å². The van der Waals surface area contributed by atoms with Crippen molar-refractivity contribution in [2.45, 2.75) is 26.2 Å². The van der Waals surface area contributed by atoms with Gasteiger partial charge >= 0.3 is 0 Å². The summed E-state index contributed by atoms with van der Waals surface area (Å²) in [6, 6.07) is 0. The SMILES string of the molecule is CCNc1nc(Cl)nc(N(C)CC2CCC2)n1. The van der Waals surface area contributed by atoms with Crippen LogP contribution in [0.4, 0.5) is 11.9 Å². The Morgan fingerprint density at radius 3 is 2.71 bits per heavy atom. The number of anilines is 2. The molecule has 5 nitrogen and oxygen atoms in total. The van der Waals surface area contributed by atoms with Gasteiger partial charge in [-0.25, -0.2) is 0 Å². The second-order valence-corrected chi connectivity index (χ2v) is 4.77. The summed E-state index contributed by atoms with van der Waals surface area (Å²) in [4.78, 5) is 14.6. The van der Waals surface area contributed by atoms with Gasteiger partial charge in [-0.3, -0.25) is 0 Å². The second-order valence-electron chi connectivity index (χ2n) is 4.44. The van der Waals surface area contributed by atoms with Crippen molar-refractivity contribution in [3.05, 3.63) is 5.28 Å². The Morgan fingerprint density at radius 1 is 1.35 bits per heavy atom. The largest absolute Gasteiger partial charge is 0.354 e. The summed E-state index contributed by atoms with van der Waals surface area (Å²) in [5.74, 6) is 1.97. The van der Waals surface area contributed by atoms with Gasteiger partial charge < -0.3 is 10.2 Å². The van der Waals surface area contributed by atoms with Crippen molar-refractivity contribution in [3.8, 4) is 0 Å². The summed E-state index contributed by atoms with van der Waals surface area (Å²) in [7, 11) is 2.00. The zero-order chi connectivity index (χ0) is 12.3. The number of rotatable bonds is 5. The molecule has 94 valence electrons. The second kappa shape index (κ2) is 5.49. The minimum atomic E-state index is 0.242. The highest BCUT2D eigenvalue weighted by Gasteiger charge is 2.20. The highest BCUT2D eigenvalue weighted by molar-refractivity contribution is 6.28. The van der Waals surface area contributed by atoms with Crippen LogP contribution < -0.4 is 10.2 Å². The molecule has 1 aromatic heterocycles. The quantitative estimate of drug-likeness (QED) is 0.874. The van der Waals surface area contributed by atoms with E-state index in [0.29, 0.717) is 11.9 Å². The van der Waals surface area contributed by atoms with Crippen molar-refractivity contribution in [2.24, 2.45) is 5.92 Å². The van der Waals surface area contributed by atoms with Gasteiger partial charge in [0.2, 0.25) is 17.2 Å². The Labute approximate surface area is 107 Å². The molecule has 1 aliphatic carbocycles. The summed E-state index contributed by atoms with van der Waals surface area (Å²) >= 11 is 5.89. The van der Waals surface area contributed by atoms with E-state index in [0.717, 1.165) is 19.0 Å². The molecule has 0 bridgehead atoms. The lowest BCUT2D eigenvalue weighted by molar-refractivity contribution is 0.320. The summed E-state index contributed by atoms with van der Waals surface area (Å²) < 4.78 is 0. The van der Waals surface area contributed by atoms with Gasteiger partial charge in [0.15, 0.2) is 0 Å². The van der Waals surface area contributed by atoms with Crippen LogP contribution in [0.3, 0.4) is 0 Å². The number of hydrogen-bond donors (Lipinski definition) is 1. The molecule has 2 rings (SSSR count). The fraction of sp³-hybridized carbons (Fsp3) is 0.727. The lowest BCUT2D eigenvalue weighted by Crippen LogP contribution is -2.30. The summed E-state index contributed by atoms with van der Waals surface area (Å²) in [5.41, 5.74) is 0. The van der Waals surface area contributed by atoms with E-state index in [9.17, 15) is 0 Å². The van der Waals surface area contributed by atoms with Crippen molar-refractivity contribution < 1.29 is 0 Å². The number of nitrogens with zero attached hydrogens (tertiary/aromatic N) is 4. The first kappa shape index (κ1) is 12.4. The van der Waals surface area contributed by atoms with Crippen LogP contribution in [0.5, 0.6) is 0 Å². The molecule has 0 radical (unpaired) electrons. The molecule has 0 aromatic carbocycles. The lowest BCUT2D eigenvalue weighted by Gasteiger charge is -2.30. The molecule has 1 fully saturated rings. The molecular formula is C11H18ClN5. The van der Waals surface area contributed by atoms with E-state index in [1.165, 1.54) is 19.3 Å². The highest BCUT2D eigenvalue weighted by atomic mass is 35.5. The van der Waals surface area contributed by atoms with Crippen molar-refractivity contribution in [3.63, 3.8) is 0 Å². The molecule has 0 atom stereocenters. The van der Waals surface area contributed by atoms with Crippen LogP contribution in [0.1, 0.15) is 26.2 Å². The first-order valence-corrected chi connectivity index (χ1v) is 6.43. The molecule has 6 heteroatoms. The zero-order valence-corrected chi connectivity index (χ0v) is 11.0. The molecule has 0 aliphatic heterocycles. The average molecular weight is 256 g/mol. The van der Waals surface area contributed by atoms with Crippen LogP contribution >= 0.6 is 11.6 Å². The fourth-order valence-corrected chi connectivity index (χ4v) is 2.05. The predicted molar refractivity (Wildman–Crippen MR) is 69.6 cm³/mol. The van der Waals surface area contributed by atoms with E-state index in [-0.39, 0.29) is 5.28 Å². The molecule has 0 amide bonds. The third kappa shape index (κ3) is 3.19. The van der Waals surface area contributed by atoms with Gasteiger partial charge in [-0.1, -0.05) is 6.42 Å². The molecule has 17 heavy (non-hydrogen) atoms. The first-order chi connectivity index (χ1) is 8.19. The predicted octanol–water partition coefficient (Wildman–Crippen LogP) is 2.19. The lowest BCUT2D eigenvalue weighted by atomic mass is 9.85. The van der Waals surface area contributed by atoms with Crippen LogP contribution in [0.25, 0.3) is 0 Å². The summed E-state index contributed by atoms with van der Waals surface area (Å²) in [5, 5.41) is 3.29. The van der Waals surface area contributed by atoms with Gasteiger partial charge in [0.1, 0.15) is 0 Å². The number of nitrogens with one attached hydrogen (secondary N) is 1. The van der Waals surface area contributed by atoms with E-state index in [2.05, 4.69) is 25.2 Å². The van der Waals surface area contributed by atoms with Gasteiger partial charge in [0.25, 0.3) is 0 Å². The minimum absolute atomic E-state index is 0.242. The van der Waals surface area contributed by atoms with Gasteiger partial charge in [0.05, 0.1) is 0 Å². The smallest absolute Gasteiger partial charge is 0.231 e. The van der Waals surface area contributed by atoms with Gasteiger partial charge in [0, 0.05) is 20.1 Å². The number of aromatic nitrogens is 3. The maximum Gasteiger partial charge on any atom is 0.231 e. The molecule has 0 unspecified atom stereocenters. The number of halogens is 1. The van der Waals surface area contributed by atoms with Gasteiger partial charge in [-0.15, -0.1) is 0 Å². The molecule has 0 saturated heterocycles. The highest BCUT2D eigenvalue weighted by Crippen LogP contribution is 2.27. The Bertz CT molecular complexity index is 380. The molecule has 1 N–H and O–H groups in total. The molecule has 1 aromatic rings. The summed E-state index contributed by atoms with van der Waals surface area (Å²) in [6.07, 6.45) is 3.96. The fourth-order valence-electron chi connectivity index (χ4n) is 1.89. The van der Waals surface area contributed by atoms with Gasteiger partial charge in [-0.05, 0) is 37.3 Å². The Kier molecular flexibility index (Phi) is 3.99. The van der Waals surface area contributed by atoms with Gasteiger partial charge in [-0.2, -0.15) is 15.0 Å². The minimum Gasteiger partial charge on any atom is -0.354 e. The Hall–Kier alpha value is -1.10. The molecule has 1 saturated carbocycles. The molecule has 0 spiro atoms. The topological polar surface area (TPSA) is 53.9 Å². The monoisotopic (exact) mass is 255 g/mol. The van der Waals surface area contributed by atoms with Crippen LogP contribution in [0.2, 0.25) is 5.28 Å². The van der Waals surface area contributed by atoms with E-state index in [1.54, 1.807) is 0 Å².